The number of aromatic nitrogens is 2. The summed E-state index contributed by atoms with van der Waals surface area (Å²) in [7, 11) is 0. The summed E-state index contributed by atoms with van der Waals surface area (Å²) in [6.45, 7) is 6.28. The lowest BCUT2D eigenvalue weighted by atomic mass is 10.1. The van der Waals surface area contributed by atoms with Gasteiger partial charge < -0.3 is 10.5 Å². The van der Waals surface area contributed by atoms with Crippen molar-refractivity contribution in [2.75, 3.05) is 6.54 Å². The average molecular weight is 273 g/mol. The normalized spacial score (nSPS) is 10.8. The van der Waals surface area contributed by atoms with Crippen LogP contribution in [0, 0.1) is 0 Å². The fourth-order valence-electron chi connectivity index (χ4n) is 2.19. The SMILES string of the molecule is CCc1cc(COc2cccc(CCN)c2)n(CC)n1. The van der Waals surface area contributed by atoms with Crippen LogP contribution in [0.5, 0.6) is 5.75 Å². The van der Waals surface area contributed by atoms with E-state index < -0.39 is 0 Å². The molecule has 0 aliphatic rings. The standard InChI is InChI=1S/C16H23N3O/c1-3-14-11-15(19(4-2)18-14)12-20-16-7-5-6-13(10-16)8-9-17/h5-7,10-11H,3-4,8-9,12,17H2,1-2H3. The Morgan fingerprint density at radius 2 is 2.10 bits per heavy atom. The highest BCUT2D eigenvalue weighted by atomic mass is 16.5. The lowest BCUT2D eigenvalue weighted by molar-refractivity contribution is 0.292. The Labute approximate surface area is 120 Å². The molecule has 0 unspecified atom stereocenters. The highest BCUT2D eigenvalue weighted by molar-refractivity contribution is 5.29. The van der Waals surface area contributed by atoms with Crippen LogP contribution < -0.4 is 10.5 Å². The molecule has 0 atom stereocenters. The minimum atomic E-state index is 0.549. The maximum Gasteiger partial charge on any atom is 0.130 e. The minimum Gasteiger partial charge on any atom is -0.487 e. The van der Waals surface area contributed by atoms with Crippen LogP contribution in [-0.2, 0) is 26.0 Å². The maximum atomic E-state index is 5.88. The molecule has 1 aromatic heterocycles. The highest BCUT2D eigenvalue weighted by Gasteiger charge is 2.06. The van der Waals surface area contributed by atoms with Gasteiger partial charge in [0.2, 0.25) is 0 Å². The number of rotatable bonds is 7. The lowest BCUT2D eigenvalue weighted by Crippen LogP contribution is -2.06. The molecule has 0 amide bonds. The summed E-state index contributed by atoms with van der Waals surface area (Å²) in [6, 6.07) is 10.2. The Morgan fingerprint density at radius 3 is 2.80 bits per heavy atom. The first kappa shape index (κ1) is 14.6. The summed E-state index contributed by atoms with van der Waals surface area (Å²) in [5.74, 6) is 0.887. The molecule has 1 heterocycles. The first-order chi connectivity index (χ1) is 9.76. The summed E-state index contributed by atoms with van der Waals surface area (Å²) in [5.41, 5.74) is 9.02. The van der Waals surface area contributed by atoms with Crippen LogP contribution in [-0.4, -0.2) is 16.3 Å². The zero-order valence-electron chi connectivity index (χ0n) is 12.3. The van der Waals surface area contributed by atoms with E-state index in [2.05, 4.69) is 37.1 Å². The smallest absolute Gasteiger partial charge is 0.130 e. The molecule has 2 N–H and O–H groups in total. The molecule has 0 bridgehead atoms. The van der Waals surface area contributed by atoms with Crippen molar-refractivity contribution in [3.8, 4) is 5.75 Å². The van der Waals surface area contributed by atoms with Gasteiger partial charge in [-0.25, -0.2) is 0 Å². The molecule has 0 aliphatic carbocycles. The van der Waals surface area contributed by atoms with E-state index in [0.717, 1.165) is 36.5 Å². The third kappa shape index (κ3) is 3.61. The van der Waals surface area contributed by atoms with Gasteiger partial charge >= 0.3 is 0 Å². The topological polar surface area (TPSA) is 53.1 Å². The molecule has 2 rings (SSSR count). The summed E-state index contributed by atoms with van der Waals surface area (Å²) < 4.78 is 7.88. The van der Waals surface area contributed by atoms with E-state index in [-0.39, 0.29) is 0 Å². The number of benzene rings is 1. The van der Waals surface area contributed by atoms with Gasteiger partial charge in [-0.05, 0) is 50.1 Å². The number of hydrogen-bond donors (Lipinski definition) is 1. The van der Waals surface area contributed by atoms with E-state index in [0.29, 0.717) is 13.2 Å². The zero-order chi connectivity index (χ0) is 14.4. The monoisotopic (exact) mass is 273 g/mol. The molecule has 4 heteroatoms. The van der Waals surface area contributed by atoms with Gasteiger partial charge in [-0.3, -0.25) is 4.68 Å². The van der Waals surface area contributed by atoms with Crippen LogP contribution in [0.25, 0.3) is 0 Å². The van der Waals surface area contributed by atoms with Crippen molar-refractivity contribution in [1.82, 2.24) is 9.78 Å². The zero-order valence-corrected chi connectivity index (χ0v) is 12.3. The summed E-state index contributed by atoms with van der Waals surface area (Å²) in [5, 5.41) is 4.53. The van der Waals surface area contributed by atoms with Crippen molar-refractivity contribution in [2.45, 2.75) is 39.8 Å². The molecule has 20 heavy (non-hydrogen) atoms. The molecule has 0 saturated heterocycles. The van der Waals surface area contributed by atoms with E-state index in [1.54, 1.807) is 0 Å². The molecule has 0 aliphatic heterocycles. The molecule has 2 aromatic rings. The first-order valence-corrected chi connectivity index (χ1v) is 7.24. The number of aryl methyl sites for hydroxylation is 2. The lowest BCUT2D eigenvalue weighted by Gasteiger charge is -2.09. The largest absolute Gasteiger partial charge is 0.487 e. The van der Waals surface area contributed by atoms with E-state index in [1.165, 1.54) is 5.56 Å². The Bertz CT molecular complexity index is 548. The Morgan fingerprint density at radius 1 is 1.25 bits per heavy atom. The van der Waals surface area contributed by atoms with Crippen molar-refractivity contribution in [2.24, 2.45) is 5.73 Å². The molecular formula is C16H23N3O. The van der Waals surface area contributed by atoms with Crippen molar-refractivity contribution in [1.29, 1.82) is 0 Å². The van der Waals surface area contributed by atoms with Crippen LogP contribution in [0.15, 0.2) is 30.3 Å². The van der Waals surface area contributed by atoms with E-state index >= 15 is 0 Å². The van der Waals surface area contributed by atoms with Crippen LogP contribution in [0.4, 0.5) is 0 Å². The third-order valence-electron chi connectivity index (χ3n) is 3.29. The van der Waals surface area contributed by atoms with Crippen molar-refractivity contribution in [3.05, 3.63) is 47.3 Å². The number of ether oxygens (including phenoxy) is 1. The van der Waals surface area contributed by atoms with Crippen molar-refractivity contribution < 1.29 is 4.74 Å². The summed E-state index contributed by atoms with van der Waals surface area (Å²) in [4.78, 5) is 0. The molecule has 0 radical (unpaired) electrons. The van der Waals surface area contributed by atoms with Crippen molar-refractivity contribution in [3.63, 3.8) is 0 Å². The summed E-state index contributed by atoms with van der Waals surface area (Å²) >= 11 is 0. The second-order valence-corrected chi connectivity index (χ2v) is 4.77. The number of nitrogens with two attached hydrogens (primary N) is 1. The van der Waals surface area contributed by atoms with Gasteiger partial charge in [0.05, 0.1) is 11.4 Å². The van der Waals surface area contributed by atoms with Crippen LogP contribution in [0.2, 0.25) is 0 Å². The van der Waals surface area contributed by atoms with E-state index in [4.69, 9.17) is 10.5 Å². The highest BCUT2D eigenvalue weighted by Crippen LogP contribution is 2.16. The van der Waals surface area contributed by atoms with Gasteiger partial charge in [0.15, 0.2) is 0 Å². The van der Waals surface area contributed by atoms with Gasteiger partial charge in [0, 0.05) is 6.54 Å². The van der Waals surface area contributed by atoms with Gasteiger partial charge in [-0.2, -0.15) is 5.10 Å². The molecule has 1 aromatic carbocycles. The number of nitrogens with zero attached hydrogens (tertiary/aromatic N) is 2. The maximum absolute atomic E-state index is 5.88. The third-order valence-corrected chi connectivity index (χ3v) is 3.29. The molecule has 0 saturated carbocycles. The molecule has 0 spiro atoms. The second kappa shape index (κ2) is 7.10. The Kier molecular flexibility index (Phi) is 5.18. The fourth-order valence-corrected chi connectivity index (χ4v) is 2.19. The summed E-state index contributed by atoms with van der Waals surface area (Å²) in [6.07, 6.45) is 1.83. The quantitative estimate of drug-likeness (QED) is 0.843. The Hall–Kier alpha value is -1.81. The van der Waals surface area contributed by atoms with Crippen LogP contribution >= 0.6 is 0 Å². The molecule has 108 valence electrons. The van der Waals surface area contributed by atoms with E-state index in [9.17, 15) is 0 Å². The number of hydrogen-bond acceptors (Lipinski definition) is 3. The average Bonchev–Trinajstić information content (AvgIpc) is 2.88. The Balaban J connectivity index is 2.04. The van der Waals surface area contributed by atoms with Gasteiger partial charge in [-0.15, -0.1) is 0 Å². The van der Waals surface area contributed by atoms with Gasteiger partial charge in [0.1, 0.15) is 12.4 Å². The van der Waals surface area contributed by atoms with Crippen LogP contribution in [0.3, 0.4) is 0 Å². The van der Waals surface area contributed by atoms with Gasteiger partial charge in [-0.1, -0.05) is 19.1 Å². The molecule has 4 nitrogen and oxygen atoms in total. The van der Waals surface area contributed by atoms with E-state index in [1.807, 2.05) is 16.8 Å². The van der Waals surface area contributed by atoms with Gasteiger partial charge in [0.25, 0.3) is 0 Å². The van der Waals surface area contributed by atoms with Crippen molar-refractivity contribution >= 4 is 0 Å². The molecular weight excluding hydrogens is 250 g/mol. The van der Waals surface area contributed by atoms with Crippen LogP contribution in [0.1, 0.15) is 30.8 Å². The predicted octanol–water partition coefficient (Wildman–Crippen LogP) is 2.55. The molecule has 0 fully saturated rings. The minimum absolute atomic E-state index is 0.549. The first-order valence-electron chi connectivity index (χ1n) is 7.24. The fraction of sp³-hybridized carbons (Fsp3) is 0.438. The predicted molar refractivity (Wildman–Crippen MR) is 80.8 cm³/mol. The second-order valence-electron chi connectivity index (χ2n) is 4.77.